The van der Waals surface area contributed by atoms with Gasteiger partial charge < -0.3 is 20.2 Å². The molecule has 3 N–H and O–H groups in total. The van der Waals surface area contributed by atoms with Crippen LogP contribution in [-0.2, 0) is 4.79 Å². The number of nitrogens with one attached hydrogen (secondary N) is 2. The number of hydrogen-bond donors (Lipinski definition) is 3. The van der Waals surface area contributed by atoms with Crippen LogP contribution in [0.25, 0.3) is 22.2 Å². The van der Waals surface area contributed by atoms with Gasteiger partial charge in [-0.25, -0.2) is 13.6 Å². The van der Waals surface area contributed by atoms with Gasteiger partial charge in [0.15, 0.2) is 23.2 Å². The topological polar surface area (TPSA) is 169 Å². The molecule has 4 fully saturated rings. The Hall–Kier alpha value is -6.56. The quantitative estimate of drug-likeness (QED) is 0.137. The van der Waals surface area contributed by atoms with E-state index >= 15 is 0 Å². The standard InChI is InChI=1S/C47H51F3N10O5/c1-28-2-5-32(23-39(28)59-17-14-41(61)52-47(59)65)46(64)58-15-12-30(13-16-58)26-56-18-20-57(21-19-56)40-11-10-37(53-54-40)31-6-7-33-27-60(55-38(33)22-31)34-8-3-29(4-9-34)25-51-45(63)35-24-36(48)44(62)43(50)42(35)49/h2,5-7,10-11,22-24,27,29-30,34,62H,3-4,8-9,12-21,25-26H2,1H3,(H,51,63)(H,52,61,65). The number of amides is 5. The van der Waals surface area contributed by atoms with Gasteiger partial charge in [0.2, 0.25) is 11.7 Å². The average Bonchev–Trinajstić information content (AvgIpc) is 3.76. The van der Waals surface area contributed by atoms with Crippen LogP contribution in [0.15, 0.2) is 60.8 Å². The Morgan fingerprint density at radius 3 is 2.32 bits per heavy atom. The zero-order valence-corrected chi connectivity index (χ0v) is 36.1. The van der Waals surface area contributed by atoms with Gasteiger partial charge in [-0.15, -0.1) is 10.2 Å². The maximum Gasteiger partial charge on any atom is 0.328 e. The summed E-state index contributed by atoms with van der Waals surface area (Å²) < 4.78 is 43.6. The van der Waals surface area contributed by atoms with E-state index < -0.39 is 40.7 Å². The van der Waals surface area contributed by atoms with Crippen LogP contribution in [0.3, 0.4) is 0 Å². The monoisotopic (exact) mass is 892 g/mol. The van der Waals surface area contributed by atoms with Crippen molar-refractivity contribution in [3.8, 4) is 17.0 Å². The second-order valence-electron chi connectivity index (χ2n) is 17.7. The largest absolute Gasteiger partial charge is 0.503 e. The van der Waals surface area contributed by atoms with Gasteiger partial charge in [0.25, 0.3) is 11.8 Å². The molecule has 0 bridgehead atoms. The van der Waals surface area contributed by atoms with Gasteiger partial charge in [0.1, 0.15) is 0 Å². The number of halogens is 3. The van der Waals surface area contributed by atoms with Crippen LogP contribution in [0.4, 0.5) is 29.5 Å². The van der Waals surface area contributed by atoms with Crippen molar-refractivity contribution in [3.05, 3.63) is 94.9 Å². The Bertz CT molecular complexity index is 2620. The Labute approximate surface area is 373 Å². The molecule has 3 aliphatic heterocycles. The predicted octanol–water partition coefficient (Wildman–Crippen LogP) is 6.21. The van der Waals surface area contributed by atoms with E-state index in [0.29, 0.717) is 36.3 Å². The average molecular weight is 893 g/mol. The van der Waals surface area contributed by atoms with Crippen LogP contribution in [0.2, 0.25) is 0 Å². The molecule has 0 spiro atoms. The number of likely N-dealkylation sites (tertiary alicyclic amines) is 1. The van der Waals surface area contributed by atoms with Crippen molar-refractivity contribution in [3.63, 3.8) is 0 Å². The fourth-order valence-corrected chi connectivity index (χ4v) is 9.58. The molecule has 3 saturated heterocycles. The van der Waals surface area contributed by atoms with Crippen LogP contribution < -0.4 is 20.4 Å². The number of imide groups is 1. The Kier molecular flexibility index (Phi) is 12.4. The number of hydrogen-bond acceptors (Lipinski definition) is 10. The van der Waals surface area contributed by atoms with E-state index in [2.05, 4.69) is 30.6 Å². The molecule has 4 aliphatic rings. The highest BCUT2D eigenvalue weighted by molar-refractivity contribution is 6.06. The zero-order chi connectivity index (χ0) is 45.4. The lowest BCUT2D eigenvalue weighted by Gasteiger charge is -2.39. The van der Waals surface area contributed by atoms with Crippen LogP contribution in [-0.4, -0.2) is 118 Å². The molecule has 2 aromatic heterocycles. The molecule has 340 valence electrons. The fraction of sp³-hybridized carbons (Fsp3) is 0.426. The second-order valence-corrected chi connectivity index (χ2v) is 17.7. The predicted molar refractivity (Wildman–Crippen MR) is 236 cm³/mol. The molecule has 0 unspecified atom stereocenters. The van der Waals surface area contributed by atoms with Crippen LogP contribution in [0.1, 0.15) is 77.3 Å². The molecule has 5 amide bonds. The Morgan fingerprint density at radius 2 is 1.60 bits per heavy atom. The first kappa shape index (κ1) is 43.7. The number of piperazine rings is 1. The number of anilines is 2. The molecule has 1 saturated carbocycles. The number of carbonyl (C=O) groups is 4. The molecule has 5 aromatic rings. The summed E-state index contributed by atoms with van der Waals surface area (Å²) in [5.74, 6) is -6.04. The van der Waals surface area contributed by atoms with Gasteiger partial charge in [-0.2, -0.15) is 9.49 Å². The molecule has 1 aliphatic carbocycles. The minimum atomic E-state index is -1.79. The number of benzene rings is 3. The van der Waals surface area contributed by atoms with Crippen molar-refractivity contribution in [2.24, 2.45) is 11.8 Å². The van der Waals surface area contributed by atoms with Gasteiger partial charge >= 0.3 is 6.03 Å². The Morgan fingerprint density at radius 1 is 0.831 bits per heavy atom. The van der Waals surface area contributed by atoms with Crippen molar-refractivity contribution in [1.82, 2.24) is 40.4 Å². The van der Waals surface area contributed by atoms with E-state index in [9.17, 15) is 37.5 Å². The lowest BCUT2D eigenvalue weighted by Crippen LogP contribution is -2.50. The van der Waals surface area contributed by atoms with E-state index in [1.54, 1.807) is 6.07 Å². The highest BCUT2D eigenvalue weighted by atomic mass is 19.2. The SMILES string of the molecule is Cc1ccc(C(=O)N2CCC(CN3CCN(c4ccc(-c5ccc6cn(C7CCC(CNC(=O)c8cc(F)c(O)c(F)c8F)CC7)nc6c5)nn4)CC3)CC2)cc1N1CCC(=O)NC1=O. The summed E-state index contributed by atoms with van der Waals surface area (Å²) in [5.41, 5.74) is 3.79. The maximum absolute atomic E-state index is 14.2. The maximum atomic E-state index is 14.2. The van der Waals surface area contributed by atoms with E-state index in [4.69, 9.17) is 5.10 Å². The first-order chi connectivity index (χ1) is 31.4. The number of fused-ring (bicyclic) bond motifs is 1. The minimum absolute atomic E-state index is 0.0393. The lowest BCUT2D eigenvalue weighted by atomic mass is 9.86. The van der Waals surface area contributed by atoms with Crippen molar-refractivity contribution in [1.29, 1.82) is 0 Å². The molecule has 5 heterocycles. The normalized spacial score (nSPS) is 20.0. The molecule has 3 aromatic carbocycles. The summed E-state index contributed by atoms with van der Waals surface area (Å²) >= 11 is 0. The number of piperidine rings is 1. The van der Waals surface area contributed by atoms with Gasteiger partial charge in [-0.3, -0.25) is 34.2 Å². The smallest absolute Gasteiger partial charge is 0.328 e. The van der Waals surface area contributed by atoms with Crippen molar-refractivity contribution in [2.45, 2.75) is 57.9 Å². The lowest BCUT2D eigenvalue weighted by molar-refractivity contribution is -0.120. The van der Waals surface area contributed by atoms with E-state index in [-0.39, 0.29) is 43.3 Å². The first-order valence-corrected chi connectivity index (χ1v) is 22.3. The summed E-state index contributed by atoms with van der Waals surface area (Å²) in [4.78, 5) is 58.4. The third-order valence-corrected chi connectivity index (χ3v) is 13.5. The number of aryl methyl sites for hydroxylation is 1. The van der Waals surface area contributed by atoms with Crippen molar-refractivity contribution < 1.29 is 37.5 Å². The molecular weight excluding hydrogens is 842 g/mol. The molecule has 0 atom stereocenters. The molecular formula is C47H51F3N10O5. The van der Waals surface area contributed by atoms with Crippen LogP contribution in [0.5, 0.6) is 5.75 Å². The van der Waals surface area contributed by atoms with Crippen molar-refractivity contribution >= 4 is 46.2 Å². The Balaban J connectivity index is 0.718. The third kappa shape index (κ3) is 9.35. The number of phenols is 1. The van der Waals surface area contributed by atoms with Crippen molar-refractivity contribution in [2.75, 3.05) is 68.7 Å². The second kappa shape index (κ2) is 18.5. The number of nitrogens with zero attached hydrogens (tertiary/aromatic N) is 8. The van der Waals surface area contributed by atoms with Gasteiger partial charge in [-0.1, -0.05) is 18.2 Å². The van der Waals surface area contributed by atoms with E-state index in [0.717, 1.165) is 105 Å². The highest BCUT2D eigenvalue weighted by Crippen LogP contribution is 2.34. The van der Waals surface area contributed by atoms with E-state index in [1.807, 2.05) is 65.2 Å². The molecule has 18 heteroatoms. The molecule has 65 heavy (non-hydrogen) atoms. The first-order valence-electron chi connectivity index (χ1n) is 22.3. The highest BCUT2D eigenvalue weighted by Gasteiger charge is 2.30. The fourth-order valence-electron chi connectivity index (χ4n) is 9.58. The number of urea groups is 1. The minimum Gasteiger partial charge on any atom is -0.503 e. The number of aromatic nitrogens is 4. The summed E-state index contributed by atoms with van der Waals surface area (Å²) in [6.45, 7) is 8.26. The van der Waals surface area contributed by atoms with Gasteiger partial charge in [0.05, 0.1) is 22.8 Å². The summed E-state index contributed by atoms with van der Waals surface area (Å²) in [6.07, 6.45) is 7.30. The number of rotatable bonds is 10. The zero-order valence-electron chi connectivity index (χ0n) is 36.1. The van der Waals surface area contributed by atoms with Crippen LogP contribution >= 0.6 is 0 Å². The molecule has 9 rings (SSSR count). The summed E-state index contributed by atoms with van der Waals surface area (Å²) in [6, 6.07) is 15.7. The summed E-state index contributed by atoms with van der Waals surface area (Å²) in [7, 11) is 0. The van der Waals surface area contributed by atoms with Gasteiger partial charge in [0, 0.05) is 93.7 Å². The summed E-state index contributed by atoms with van der Waals surface area (Å²) in [5, 5.41) is 29.3. The third-order valence-electron chi connectivity index (χ3n) is 13.5. The van der Waals surface area contributed by atoms with E-state index in [1.165, 1.54) is 4.90 Å². The number of carbonyl (C=O) groups excluding carboxylic acids is 4. The molecule has 0 radical (unpaired) electrons. The number of aromatic hydroxyl groups is 1. The molecule has 15 nitrogen and oxygen atoms in total. The van der Waals surface area contributed by atoms with Crippen LogP contribution in [0, 0.1) is 36.2 Å². The number of phenolic OH excluding ortho intramolecular Hbond substituents is 1. The van der Waals surface area contributed by atoms with Gasteiger partial charge in [-0.05, 0) is 99.2 Å².